The summed E-state index contributed by atoms with van der Waals surface area (Å²) in [7, 11) is 6.00. The molecule has 4 nitrogen and oxygen atoms in total. The summed E-state index contributed by atoms with van der Waals surface area (Å²) in [5.74, 6) is 0.0985. The van der Waals surface area contributed by atoms with E-state index in [-0.39, 0.29) is 23.5 Å². The SMILES string of the molecule is CN(C)C.O=CCOc1ccc2c(c1)C(O)(C(F)(F)F)c1ccccc1-2. The first-order chi connectivity index (χ1) is 12.1. The van der Waals surface area contributed by atoms with Crippen molar-refractivity contribution in [3.63, 3.8) is 0 Å². The van der Waals surface area contributed by atoms with Gasteiger partial charge in [-0.1, -0.05) is 30.3 Å². The Balaban J connectivity index is 0.000000552. The second-order valence-electron chi connectivity index (χ2n) is 6.28. The topological polar surface area (TPSA) is 49.8 Å². The third kappa shape index (κ3) is 3.59. The van der Waals surface area contributed by atoms with Crippen molar-refractivity contribution < 1.29 is 27.8 Å². The first-order valence-electron chi connectivity index (χ1n) is 7.83. The minimum atomic E-state index is -4.88. The minimum Gasteiger partial charge on any atom is -0.486 e. The number of hydrogen-bond acceptors (Lipinski definition) is 4. The summed E-state index contributed by atoms with van der Waals surface area (Å²) in [5.41, 5.74) is -2.94. The zero-order valence-corrected chi connectivity index (χ0v) is 14.7. The number of halogens is 3. The Bertz CT molecular complexity index is 787. The van der Waals surface area contributed by atoms with Crippen LogP contribution < -0.4 is 4.74 Å². The average molecular weight is 367 g/mol. The Hall–Kier alpha value is -2.38. The lowest BCUT2D eigenvalue weighted by molar-refractivity contribution is -0.246. The molecule has 0 amide bonds. The van der Waals surface area contributed by atoms with Crippen LogP contribution in [-0.2, 0) is 10.4 Å². The number of fused-ring (bicyclic) bond motifs is 3. The molecule has 2 aromatic rings. The standard InChI is InChI=1S/C16H11F3O3.C3H9N/c17-16(18,19)15(21)13-4-2-1-3-11(13)12-6-5-10(9-14(12)15)22-8-7-20;1-4(2)3/h1-7,9,21H,8H2;1-3H3. The summed E-state index contributed by atoms with van der Waals surface area (Å²) in [6.07, 6.45) is -4.38. The second kappa shape index (κ2) is 7.47. The molecule has 0 bridgehead atoms. The summed E-state index contributed by atoms with van der Waals surface area (Å²) in [6.45, 7) is -0.268. The molecule has 0 aliphatic heterocycles. The molecule has 7 heteroatoms. The van der Waals surface area contributed by atoms with Crippen LogP contribution in [-0.4, -0.2) is 50.2 Å². The van der Waals surface area contributed by atoms with E-state index >= 15 is 0 Å². The van der Waals surface area contributed by atoms with Gasteiger partial charge >= 0.3 is 6.18 Å². The molecule has 3 rings (SSSR count). The quantitative estimate of drug-likeness (QED) is 0.847. The Morgan fingerprint density at radius 1 is 1.08 bits per heavy atom. The molecule has 0 saturated carbocycles. The van der Waals surface area contributed by atoms with Gasteiger partial charge in [-0.05, 0) is 44.4 Å². The van der Waals surface area contributed by atoms with E-state index in [9.17, 15) is 23.1 Å². The fourth-order valence-electron chi connectivity index (χ4n) is 2.76. The smallest absolute Gasteiger partial charge is 0.425 e. The summed E-state index contributed by atoms with van der Waals surface area (Å²) in [5, 5.41) is 10.4. The van der Waals surface area contributed by atoms with E-state index in [0.717, 1.165) is 6.07 Å². The van der Waals surface area contributed by atoms with E-state index in [1.165, 1.54) is 30.3 Å². The molecule has 0 aromatic heterocycles. The predicted octanol–water partition coefficient (Wildman–Crippen LogP) is 3.22. The normalized spacial score (nSPS) is 17.8. The molecule has 1 unspecified atom stereocenters. The number of ether oxygens (including phenoxy) is 1. The van der Waals surface area contributed by atoms with Crippen molar-refractivity contribution in [3.05, 3.63) is 53.6 Å². The first-order valence-corrected chi connectivity index (χ1v) is 7.83. The van der Waals surface area contributed by atoms with E-state index < -0.39 is 11.8 Å². The van der Waals surface area contributed by atoms with Crippen LogP contribution in [0.4, 0.5) is 13.2 Å². The molecule has 0 heterocycles. The van der Waals surface area contributed by atoms with Gasteiger partial charge < -0.3 is 14.7 Å². The first kappa shape index (κ1) is 19.9. The number of hydrogen-bond donors (Lipinski definition) is 1. The van der Waals surface area contributed by atoms with Crippen molar-refractivity contribution >= 4 is 6.29 Å². The summed E-state index contributed by atoms with van der Waals surface area (Å²) in [6, 6.07) is 9.91. The molecule has 1 aliphatic carbocycles. The third-order valence-electron chi connectivity index (χ3n) is 3.72. The zero-order chi connectivity index (χ0) is 19.5. The lowest BCUT2D eigenvalue weighted by Gasteiger charge is -2.28. The maximum atomic E-state index is 13.5. The monoisotopic (exact) mass is 367 g/mol. The number of carbonyl (C=O) groups is 1. The highest BCUT2D eigenvalue weighted by Crippen LogP contribution is 2.55. The van der Waals surface area contributed by atoms with Gasteiger partial charge in [0, 0.05) is 11.1 Å². The van der Waals surface area contributed by atoms with Crippen molar-refractivity contribution in [2.24, 2.45) is 0 Å². The maximum absolute atomic E-state index is 13.5. The zero-order valence-electron chi connectivity index (χ0n) is 14.7. The van der Waals surface area contributed by atoms with Gasteiger partial charge in [0.2, 0.25) is 5.60 Å². The number of aldehydes is 1. The average Bonchev–Trinajstić information content (AvgIpc) is 2.83. The Morgan fingerprint density at radius 2 is 1.65 bits per heavy atom. The van der Waals surface area contributed by atoms with E-state index in [1.54, 1.807) is 6.07 Å². The molecule has 0 radical (unpaired) electrons. The Morgan fingerprint density at radius 3 is 2.23 bits per heavy atom. The van der Waals surface area contributed by atoms with Crippen molar-refractivity contribution in [2.75, 3.05) is 27.7 Å². The lowest BCUT2D eigenvalue weighted by Crippen LogP contribution is -2.41. The molecule has 1 atom stereocenters. The van der Waals surface area contributed by atoms with Crippen molar-refractivity contribution in [1.29, 1.82) is 0 Å². The van der Waals surface area contributed by atoms with Crippen molar-refractivity contribution in [3.8, 4) is 16.9 Å². The molecule has 1 aliphatic rings. The number of benzene rings is 2. The van der Waals surface area contributed by atoms with Crippen LogP contribution >= 0.6 is 0 Å². The molecule has 0 fully saturated rings. The van der Waals surface area contributed by atoms with Gasteiger partial charge in [-0.3, -0.25) is 4.79 Å². The van der Waals surface area contributed by atoms with Crippen LogP contribution in [0, 0.1) is 0 Å². The van der Waals surface area contributed by atoms with E-state index in [2.05, 4.69) is 0 Å². The lowest BCUT2D eigenvalue weighted by atomic mass is 9.91. The molecule has 1 N–H and O–H groups in total. The molecular weight excluding hydrogens is 347 g/mol. The van der Waals surface area contributed by atoms with E-state index in [1.807, 2.05) is 26.0 Å². The number of aliphatic hydroxyl groups is 1. The molecule has 26 heavy (non-hydrogen) atoms. The van der Waals surface area contributed by atoms with Crippen LogP contribution in [0.15, 0.2) is 42.5 Å². The molecule has 2 aromatic carbocycles. The van der Waals surface area contributed by atoms with Crippen LogP contribution in [0.3, 0.4) is 0 Å². The molecule has 0 spiro atoms. The van der Waals surface area contributed by atoms with Crippen LogP contribution in [0.1, 0.15) is 11.1 Å². The number of alkyl halides is 3. The highest BCUT2D eigenvalue weighted by Gasteiger charge is 2.60. The summed E-state index contributed by atoms with van der Waals surface area (Å²) < 4.78 is 45.7. The van der Waals surface area contributed by atoms with Crippen molar-refractivity contribution in [1.82, 2.24) is 4.90 Å². The van der Waals surface area contributed by atoms with Gasteiger partial charge in [-0.15, -0.1) is 0 Å². The molecule has 0 saturated heterocycles. The highest BCUT2D eigenvalue weighted by atomic mass is 19.4. The largest absolute Gasteiger partial charge is 0.486 e. The third-order valence-corrected chi connectivity index (χ3v) is 3.72. The number of nitrogens with zero attached hydrogens (tertiary/aromatic N) is 1. The predicted molar refractivity (Wildman–Crippen MR) is 92.1 cm³/mol. The van der Waals surface area contributed by atoms with Crippen LogP contribution in [0.25, 0.3) is 11.1 Å². The molecule has 140 valence electrons. The van der Waals surface area contributed by atoms with E-state index in [4.69, 9.17) is 4.74 Å². The molecular formula is C19H20F3NO3. The van der Waals surface area contributed by atoms with Gasteiger partial charge in [-0.2, -0.15) is 13.2 Å². The van der Waals surface area contributed by atoms with Gasteiger partial charge in [0.15, 0.2) is 6.29 Å². The number of carbonyl (C=O) groups excluding carboxylic acids is 1. The van der Waals surface area contributed by atoms with E-state index in [0.29, 0.717) is 17.4 Å². The van der Waals surface area contributed by atoms with Gasteiger partial charge in [0.1, 0.15) is 12.4 Å². The van der Waals surface area contributed by atoms with Gasteiger partial charge in [0.05, 0.1) is 0 Å². The Kier molecular flexibility index (Phi) is 5.73. The van der Waals surface area contributed by atoms with Gasteiger partial charge in [0.25, 0.3) is 0 Å². The summed E-state index contributed by atoms with van der Waals surface area (Å²) >= 11 is 0. The summed E-state index contributed by atoms with van der Waals surface area (Å²) in [4.78, 5) is 12.3. The van der Waals surface area contributed by atoms with Crippen LogP contribution in [0.2, 0.25) is 0 Å². The van der Waals surface area contributed by atoms with Crippen LogP contribution in [0.5, 0.6) is 5.75 Å². The fraction of sp³-hybridized carbons (Fsp3) is 0.316. The Labute approximate surface area is 149 Å². The fourth-order valence-corrected chi connectivity index (χ4v) is 2.76. The van der Waals surface area contributed by atoms with Gasteiger partial charge in [-0.25, -0.2) is 0 Å². The number of rotatable bonds is 3. The van der Waals surface area contributed by atoms with Crippen molar-refractivity contribution in [2.45, 2.75) is 11.8 Å². The second-order valence-corrected chi connectivity index (χ2v) is 6.28. The maximum Gasteiger partial charge on any atom is 0.425 e. The highest BCUT2D eigenvalue weighted by molar-refractivity contribution is 5.81. The minimum absolute atomic E-state index is 0.0985.